The molecule has 0 unspecified atom stereocenters. The summed E-state index contributed by atoms with van der Waals surface area (Å²) in [5, 5.41) is 0.323. The molecule has 0 spiro atoms. The molecule has 0 aliphatic carbocycles. The molecule has 0 saturated heterocycles. The third-order valence-corrected chi connectivity index (χ3v) is 2.97. The zero-order valence-corrected chi connectivity index (χ0v) is 11.3. The van der Waals surface area contributed by atoms with Crippen LogP contribution in [0.3, 0.4) is 0 Å². The molecule has 7 heteroatoms. The SMILES string of the molecule is CN(Cc1ccc(NS(C)(=O)=O)cc1)C(N)=S. The van der Waals surface area contributed by atoms with Crippen LogP contribution >= 0.6 is 12.2 Å². The maximum atomic E-state index is 11.0. The van der Waals surface area contributed by atoms with E-state index in [-0.39, 0.29) is 0 Å². The van der Waals surface area contributed by atoms with Crippen molar-refractivity contribution < 1.29 is 8.42 Å². The van der Waals surface area contributed by atoms with Gasteiger partial charge in [-0.05, 0) is 29.9 Å². The van der Waals surface area contributed by atoms with Gasteiger partial charge < -0.3 is 10.6 Å². The standard InChI is InChI=1S/C10H15N3O2S2/c1-13(10(11)16)7-8-3-5-9(6-4-8)12-17(2,14)15/h3-6,12H,7H2,1-2H3,(H2,11,16). The Bertz CT molecular complexity index is 497. The fraction of sp³-hybridized carbons (Fsp3) is 0.300. The maximum absolute atomic E-state index is 11.0. The highest BCUT2D eigenvalue weighted by Gasteiger charge is 2.03. The molecule has 0 bridgehead atoms. The van der Waals surface area contributed by atoms with Gasteiger partial charge in [0.15, 0.2) is 5.11 Å². The summed E-state index contributed by atoms with van der Waals surface area (Å²) in [5.41, 5.74) is 7.00. The van der Waals surface area contributed by atoms with Gasteiger partial charge >= 0.3 is 0 Å². The van der Waals surface area contributed by atoms with Crippen LogP contribution in [0.5, 0.6) is 0 Å². The maximum Gasteiger partial charge on any atom is 0.229 e. The summed E-state index contributed by atoms with van der Waals surface area (Å²) in [7, 11) is -1.43. The number of benzene rings is 1. The Labute approximate surface area is 107 Å². The van der Waals surface area contributed by atoms with Crippen molar-refractivity contribution in [3.8, 4) is 0 Å². The van der Waals surface area contributed by atoms with Crippen LogP contribution in [0, 0.1) is 0 Å². The van der Waals surface area contributed by atoms with E-state index in [1.807, 2.05) is 12.1 Å². The molecule has 0 heterocycles. The van der Waals surface area contributed by atoms with Gasteiger partial charge in [0, 0.05) is 19.3 Å². The zero-order valence-electron chi connectivity index (χ0n) is 9.67. The Kier molecular flexibility index (Phi) is 4.30. The summed E-state index contributed by atoms with van der Waals surface area (Å²) >= 11 is 4.83. The van der Waals surface area contributed by atoms with Gasteiger partial charge in [-0.3, -0.25) is 4.72 Å². The second kappa shape index (κ2) is 5.33. The minimum absolute atomic E-state index is 0.323. The zero-order chi connectivity index (χ0) is 13.1. The third kappa shape index (κ3) is 5.01. The fourth-order valence-corrected chi connectivity index (χ4v) is 1.87. The van der Waals surface area contributed by atoms with Gasteiger partial charge in [0.25, 0.3) is 0 Å². The van der Waals surface area contributed by atoms with E-state index in [9.17, 15) is 8.42 Å². The first kappa shape index (κ1) is 13.7. The van der Waals surface area contributed by atoms with Gasteiger partial charge in [-0.2, -0.15) is 0 Å². The highest BCUT2D eigenvalue weighted by atomic mass is 32.2. The van der Waals surface area contributed by atoms with Gasteiger partial charge in [0.2, 0.25) is 10.0 Å². The predicted octanol–water partition coefficient (Wildman–Crippen LogP) is 0.734. The topological polar surface area (TPSA) is 75.4 Å². The molecule has 94 valence electrons. The van der Waals surface area contributed by atoms with Crippen LogP contribution in [0.2, 0.25) is 0 Å². The van der Waals surface area contributed by atoms with Crippen molar-refractivity contribution >= 4 is 33.0 Å². The monoisotopic (exact) mass is 273 g/mol. The summed E-state index contributed by atoms with van der Waals surface area (Å²) < 4.78 is 24.4. The van der Waals surface area contributed by atoms with Crippen molar-refractivity contribution in [2.45, 2.75) is 6.54 Å². The van der Waals surface area contributed by atoms with Gasteiger partial charge in [-0.1, -0.05) is 12.1 Å². The largest absolute Gasteiger partial charge is 0.376 e. The summed E-state index contributed by atoms with van der Waals surface area (Å²) in [6.45, 7) is 0.592. The van der Waals surface area contributed by atoms with E-state index in [1.54, 1.807) is 24.1 Å². The number of nitrogens with one attached hydrogen (secondary N) is 1. The molecule has 0 saturated carbocycles. The van der Waals surface area contributed by atoms with Crippen molar-refractivity contribution in [3.63, 3.8) is 0 Å². The second-order valence-electron chi connectivity index (χ2n) is 3.77. The molecule has 3 N–H and O–H groups in total. The smallest absolute Gasteiger partial charge is 0.229 e. The van der Waals surface area contributed by atoms with Crippen molar-refractivity contribution in [3.05, 3.63) is 29.8 Å². The molecule has 0 fully saturated rings. The lowest BCUT2D eigenvalue weighted by Crippen LogP contribution is -2.31. The van der Waals surface area contributed by atoms with Gasteiger partial charge in [0.05, 0.1) is 6.26 Å². The number of nitrogens with zero attached hydrogens (tertiary/aromatic N) is 1. The Morgan fingerprint density at radius 1 is 1.41 bits per heavy atom. The molecule has 0 atom stereocenters. The Hall–Kier alpha value is -1.34. The third-order valence-electron chi connectivity index (χ3n) is 2.05. The van der Waals surface area contributed by atoms with E-state index in [0.29, 0.717) is 17.3 Å². The van der Waals surface area contributed by atoms with Gasteiger partial charge in [-0.15, -0.1) is 0 Å². The number of hydrogen-bond donors (Lipinski definition) is 2. The van der Waals surface area contributed by atoms with E-state index in [0.717, 1.165) is 11.8 Å². The van der Waals surface area contributed by atoms with Crippen molar-refractivity contribution in [1.29, 1.82) is 0 Å². The van der Waals surface area contributed by atoms with E-state index in [4.69, 9.17) is 18.0 Å². The van der Waals surface area contributed by atoms with Crippen LogP contribution in [-0.2, 0) is 16.6 Å². The summed E-state index contributed by atoms with van der Waals surface area (Å²) in [6, 6.07) is 7.04. The number of thiocarbonyl (C=S) groups is 1. The highest BCUT2D eigenvalue weighted by molar-refractivity contribution is 7.92. The molecule has 17 heavy (non-hydrogen) atoms. The van der Waals surface area contributed by atoms with Crippen molar-refractivity contribution in [1.82, 2.24) is 4.90 Å². The van der Waals surface area contributed by atoms with Crippen molar-refractivity contribution in [2.24, 2.45) is 5.73 Å². The average Bonchev–Trinajstić information content (AvgIpc) is 2.18. The minimum atomic E-state index is -3.23. The Morgan fingerprint density at radius 3 is 2.35 bits per heavy atom. The van der Waals surface area contributed by atoms with Crippen LogP contribution in [0.15, 0.2) is 24.3 Å². The predicted molar refractivity (Wildman–Crippen MR) is 73.2 cm³/mol. The van der Waals surface area contributed by atoms with Gasteiger partial charge in [0.1, 0.15) is 0 Å². The molecule has 0 aliphatic heterocycles. The van der Waals surface area contributed by atoms with Crippen LogP contribution in [0.25, 0.3) is 0 Å². The summed E-state index contributed by atoms with van der Waals surface area (Å²) in [5.74, 6) is 0. The number of nitrogens with two attached hydrogens (primary N) is 1. The molecule has 0 radical (unpaired) electrons. The summed E-state index contributed by atoms with van der Waals surface area (Å²) in [6.07, 6.45) is 1.11. The molecular weight excluding hydrogens is 258 g/mol. The molecule has 5 nitrogen and oxygen atoms in total. The molecule has 0 aliphatic rings. The lowest BCUT2D eigenvalue weighted by atomic mass is 10.2. The number of sulfonamides is 1. The van der Waals surface area contributed by atoms with Gasteiger partial charge in [-0.25, -0.2) is 8.42 Å². The second-order valence-corrected chi connectivity index (χ2v) is 5.93. The van der Waals surface area contributed by atoms with Crippen LogP contribution in [0.1, 0.15) is 5.56 Å². The number of hydrogen-bond acceptors (Lipinski definition) is 3. The quantitative estimate of drug-likeness (QED) is 0.791. The average molecular weight is 273 g/mol. The highest BCUT2D eigenvalue weighted by Crippen LogP contribution is 2.12. The van der Waals surface area contributed by atoms with E-state index >= 15 is 0 Å². The van der Waals surface area contributed by atoms with Crippen LogP contribution < -0.4 is 10.5 Å². The normalized spacial score (nSPS) is 10.9. The van der Waals surface area contributed by atoms with Crippen LogP contribution in [-0.4, -0.2) is 31.7 Å². The lowest BCUT2D eigenvalue weighted by Gasteiger charge is -2.16. The fourth-order valence-electron chi connectivity index (χ4n) is 1.24. The number of anilines is 1. The molecule has 0 aromatic heterocycles. The first-order valence-corrected chi connectivity index (χ1v) is 7.15. The van der Waals surface area contributed by atoms with E-state index in [2.05, 4.69) is 4.72 Å². The molecule has 1 rings (SSSR count). The molecule has 0 amide bonds. The Balaban J connectivity index is 2.72. The Morgan fingerprint density at radius 2 is 1.94 bits per heavy atom. The van der Waals surface area contributed by atoms with Crippen LogP contribution in [0.4, 0.5) is 5.69 Å². The molecule has 1 aromatic carbocycles. The molecular formula is C10H15N3O2S2. The summed E-state index contributed by atoms with van der Waals surface area (Å²) in [4.78, 5) is 1.73. The minimum Gasteiger partial charge on any atom is -0.376 e. The lowest BCUT2D eigenvalue weighted by molar-refractivity contribution is 0.504. The first-order chi connectivity index (χ1) is 7.78. The number of rotatable bonds is 4. The van der Waals surface area contributed by atoms with E-state index in [1.165, 1.54) is 0 Å². The van der Waals surface area contributed by atoms with Crippen molar-refractivity contribution in [2.75, 3.05) is 18.0 Å². The van der Waals surface area contributed by atoms with E-state index < -0.39 is 10.0 Å². The molecule has 1 aromatic rings. The first-order valence-electron chi connectivity index (χ1n) is 4.85.